The molecule has 15 nitrogen and oxygen atoms in total. The molecule has 1 aromatic rings. The quantitative estimate of drug-likeness (QED) is 0.243. The summed E-state index contributed by atoms with van der Waals surface area (Å²) in [5.41, 5.74) is -1.47. The SMILES string of the molecule is O=c1ccn([C@H]2C[C@H](O)[C@@H](COP(=O)(O)OP(=O)(O)CP(=O)(O)O)O2)c(=O)[nH]1. The first-order valence-corrected chi connectivity index (χ1v) is 12.4. The summed E-state index contributed by atoms with van der Waals surface area (Å²) in [6.45, 7) is -0.820. The van der Waals surface area contributed by atoms with E-state index in [2.05, 4.69) is 8.83 Å². The van der Waals surface area contributed by atoms with E-state index < -0.39 is 65.2 Å². The first-order valence-electron chi connectivity index (χ1n) is 7.37. The van der Waals surface area contributed by atoms with Crippen LogP contribution in [0.1, 0.15) is 12.6 Å². The fraction of sp³-hybridized carbons (Fsp3) is 0.600. The number of nitrogens with zero attached hydrogens (tertiary/aromatic N) is 1. The van der Waals surface area contributed by atoms with Crippen LogP contribution < -0.4 is 11.2 Å². The Morgan fingerprint density at radius 2 is 1.86 bits per heavy atom. The van der Waals surface area contributed by atoms with Crippen molar-refractivity contribution in [2.45, 2.75) is 24.9 Å². The molecule has 0 amide bonds. The van der Waals surface area contributed by atoms with Gasteiger partial charge in [-0.25, -0.2) is 13.7 Å². The lowest BCUT2D eigenvalue weighted by molar-refractivity contribution is -0.0448. The Balaban J connectivity index is 1.99. The molecule has 0 spiro atoms. The van der Waals surface area contributed by atoms with Crippen LogP contribution in [0.15, 0.2) is 21.9 Å². The van der Waals surface area contributed by atoms with Crippen molar-refractivity contribution in [1.82, 2.24) is 9.55 Å². The predicted molar refractivity (Wildman–Crippen MR) is 89.5 cm³/mol. The average molecular weight is 466 g/mol. The van der Waals surface area contributed by atoms with E-state index in [1.54, 1.807) is 0 Å². The molecule has 2 unspecified atom stereocenters. The van der Waals surface area contributed by atoms with Crippen molar-refractivity contribution in [3.05, 3.63) is 33.1 Å². The second kappa shape index (κ2) is 8.42. The maximum Gasteiger partial charge on any atom is 0.479 e. The van der Waals surface area contributed by atoms with Crippen LogP contribution in [0, 0.1) is 0 Å². The molecule has 0 saturated carbocycles. The van der Waals surface area contributed by atoms with Crippen LogP contribution in [0.25, 0.3) is 0 Å². The van der Waals surface area contributed by atoms with Gasteiger partial charge in [-0.3, -0.25) is 28.0 Å². The number of hydrogen-bond acceptors (Lipinski definition) is 9. The number of aromatic nitrogens is 2. The maximum absolute atomic E-state index is 11.7. The predicted octanol–water partition coefficient (Wildman–Crippen LogP) is -1.36. The Morgan fingerprint density at radius 1 is 1.21 bits per heavy atom. The highest BCUT2D eigenvalue weighted by atomic mass is 31.3. The monoisotopic (exact) mass is 466 g/mol. The summed E-state index contributed by atoms with van der Waals surface area (Å²) < 4.78 is 48.6. The normalized spacial score (nSPS) is 27.2. The van der Waals surface area contributed by atoms with Gasteiger partial charge in [0.15, 0.2) is 5.90 Å². The standard InChI is InChI=1S/C10H17N2O13P3/c13-6-3-9(12-2-1-8(14)11-10(12)15)24-7(6)4-23-28(21,22)25-27(19,20)5-26(16,17)18/h1-2,6-7,9,13H,3-5H2,(H,19,20)(H,21,22)(H,11,14,15)(H2,16,17,18)/t6-,7+,9+/m0/s1. The van der Waals surface area contributed by atoms with Crippen molar-refractivity contribution in [2.24, 2.45) is 0 Å². The summed E-state index contributed by atoms with van der Waals surface area (Å²) in [5, 5.41) is 9.94. The number of hydrogen-bond donors (Lipinski definition) is 6. The van der Waals surface area contributed by atoms with E-state index in [9.17, 15) is 38.2 Å². The van der Waals surface area contributed by atoms with E-state index in [0.29, 0.717) is 0 Å². The number of H-pyrrole nitrogens is 1. The maximum atomic E-state index is 11.7. The molecular weight excluding hydrogens is 449 g/mol. The third-order valence-corrected chi connectivity index (χ3v) is 8.59. The Hall–Kier alpha value is -0.950. The Labute approximate surface area is 155 Å². The number of aliphatic hydroxyl groups excluding tert-OH is 1. The van der Waals surface area contributed by atoms with Crippen LogP contribution in [0.4, 0.5) is 0 Å². The first kappa shape index (κ1) is 23.3. The number of phosphoric ester groups is 1. The first-order chi connectivity index (χ1) is 12.7. The molecular formula is C10H17N2O13P3. The van der Waals surface area contributed by atoms with Crippen LogP contribution in [-0.4, -0.2) is 58.9 Å². The Morgan fingerprint density at radius 3 is 2.43 bits per heavy atom. The lowest BCUT2D eigenvalue weighted by atomic mass is 10.2. The van der Waals surface area contributed by atoms with Crippen LogP contribution in [-0.2, 0) is 27.3 Å². The second-order valence-corrected chi connectivity index (χ2v) is 11.3. The van der Waals surface area contributed by atoms with E-state index in [1.807, 2.05) is 4.98 Å². The second-order valence-electron chi connectivity index (χ2n) is 5.74. The number of nitrogens with one attached hydrogen (secondary N) is 1. The number of rotatable bonds is 8. The topological polar surface area (TPSA) is 235 Å². The van der Waals surface area contributed by atoms with Gasteiger partial charge in [-0.1, -0.05) is 0 Å². The lowest BCUT2D eigenvalue weighted by Gasteiger charge is -2.19. The summed E-state index contributed by atoms with van der Waals surface area (Å²) in [4.78, 5) is 60.7. The number of ether oxygens (including phenoxy) is 1. The smallest absolute Gasteiger partial charge is 0.390 e. The van der Waals surface area contributed by atoms with Crippen LogP contribution >= 0.6 is 23.0 Å². The van der Waals surface area contributed by atoms with Crippen molar-refractivity contribution in [2.75, 3.05) is 12.5 Å². The van der Waals surface area contributed by atoms with E-state index in [-0.39, 0.29) is 6.42 Å². The molecule has 5 atom stereocenters. The molecule has 18 heteroatoms. The van der Waals surface area contributed by atoms with Crippen LogP contribution in [0.5, 0.6) is 0 Å². The van der Waals surface area contributed by atoms with Crippen molar-refractivity contribution >= 4 is 23.0 Å². The molecule has 1 saturated heterocycles. The van der Waals surface area contributed by atoms with Gasteiger partial charge in [0.25, 0.3) is 5.56 Å². The van der Waals surface area contributed by atoms with Crippen molar-refractivity contribution in [1.29, 1.82) is 0 Å². The van der Waals surface area contributed by atoms with E-state index in [4.69, 9.17) is 14.5 Å². The van der Waals surface area contributed by atoms with Gasteiger partial charge in [-0.15, -0.1) is 0 Å². The zero-order valence-electron chi connectivity index (χ0n) is 13.8. The molecule has 0 aliphatic carbocycles. The zero-order valence-corrected chi connectivity index (χ0v) is 16.5. The molecule has 0 bridgehead atoms. The average Bonchev–Trinajstić information content (AvgIpc) is 2.82. The third kappa shape index (κ3) is 6.83. The largest absolute Gasteiger partial charge is 0.479 e. The molecule has 2 rings (SSSR count). The van der Waals surface area contributed by atoms with E-state index >= 15 is 0 Å². The van der Waals surface area contributed by atoms with Gasteiger partial charge >= 0.3 is 28.7 Å². The van der Waals surface area contributed by atoms with Gasteiger partial charge in [0.2, 0.25) is 0 Å². The number of aliphatic hydroxyl groups is 1. The molecule has 1 aliphatic heterocycles. The van der Waals surface area contributed by atoms with Crippen LogP contribution in [0.2, 0.25) is 0 Å². The summed E-state index contributed by atoms with van der Waals surface area (Å²) in [7, 11) is -15.4. The summed E-state index contributed by atoms with van der Waals surface area (Å²) in [6.07, 6.45) is -2.60. The zero-order chi connectivity index (χ0) is 21.3. The van der Waals surface area contributed by atoms with Gasteiger partial charge in [0.1, 0.15) is 12.3 Å². The minimum absolute atomic E-state index is 0.146. The third-order valence-electron chi connectivity index (χ3n) is 3.36. The van der Waals surface area contributed by atoms with E-state index in [0.717, 1.165) is 16.8 Å². The molecule has 6 N–H and O–H groups in total. The summed E-state index contributed by atoms with van der Waals surface area (Å²) >= 11 is 0. The van der Waals surface area contributed by atoms with Gasteiger partial charge in [-0.2, -0.15) is 0 Å². The highest BCUT2D eigenvalue weighted by molar-refractivity contribution is 7.73. The van der Waals surface area contributed by atoms with Gasteiger partial charge in [0.05, 0.1) is 12.7 Å². The van der Waals surface area contributed by atoms with Gasteiger partial charge in [0, 0.05) is 18.7 Å². The van der Waals surface area contributed by atoms with Gasteiger partial charge < -0.3 is 29.4 Å². The highest BCUT2D eigenvalue weighted by Crippen LogP contribution is 2.65. The van der Waals surface area contributed by atoms with Gasteiger partial charge in [-0.05, 0) is 0 Å². The highest BCUT2D eigenvalue weighted by Gasteiger charge is 2.41. The fourth-order valence-electron chi connectivity index (χ4n) is 2.30. The molecule has 2 heterocycles. The number of aromatic amines is 1. The molecule has 160 valence electrons. The Bertz CT molecular complexity index is 966. The molecule has 1 aromatic heterocycles. The molecule has 1 fully saturated rings. The molecule has 0 aromatic carbocycles. The summed E-state index contributed by atoms with van der Waals surface area (Å²) in [5.74, 6) is -1.70. The Kier molecular flexibility index (Phi) is 7.02. The fourth-order valence-corrected chi connectivity index (χ4v) is 6.65. The summed E-state index contributed by atoms with van der Waals surface area (Å²) in [6, 6.07) is 1.04. The van der Waals surface area contributed by atoms with Crippen molar-refractivity contribution in [3.8, 4) is 0 Å². The minimum Gasteiger partial charge on any atom is -0.390 e. The van der Waals surface area contributed by atoms with Crippen LogP contribution in [0.3, 0.4) is 0 Å². The molecule has 0 radical (unpaired) electrons. The van der Waals surface area contributed by atoms with Crippen molar-refractivity contribution in [3.63, 3.8) is 0 Å². The molecule has 28 heavy (non-hydrogen) atoms. The van der Waals surface area contributed by atoms with Crippen molar-refractivity contribution < 1.29 is 51.9 Å². The number of phosphoric acid groups is 1. The van der Waals surface area contributed by atoms with E-state index in [1.165, 1.54) is 0 Å². The molecule has 1 aliphatic rings. The minimum atomic E-state index is -5.25. The lowest BCUT2D eigenvalue weighted by Crippen LogP contribution is -2.31.